The monoisotopic (exact) mass is 331 g/mol. The first-order chi connectivity index (χ1) is 9.54. The number of nitrogens with one attached hydrogen (secondary N) is 3. The maximum atomic E-state index is 11.8. The van der Waals surface area contributed by atoms with Gasteiger partial charge in [0.2, 0.25) is 11.8 Å². The highest BCUT2D eigenvalue weighted by Gasteiger charge is 2.20. The predicted octanol–water partition coefficient (Wildman–Crippen LogP) is 2.66. The highest BCUT2D eigenvalue weighted by molar-refractivity contribution is 6.33. The van der Waals surface area contributed by atoms with E-state index in [2.05, 4.69) is 16.0 Å². The minimum absolute atomic E-state index is 0. The zero-order chi connectivity index (χ0) is 14.5. The summed E-state index contributed by atoms with van der Waals surface area (Å²) >= 11 is 6.02. The summed E-state index contributed by atoms with van der Waals surface area (Å²) in [5.74, 6) is 0.415. The van der Waals surface area contributed by atoms with Crippen LogP contribution in [0, 0.1) is 5.92 Å². The molecule has 0 aromatic heterocycles. The molecule has 1 aliphatic rings. The van der Waals surface area contributed by atoms with E-state index in [1.807, 2.05) is 0 Å². The molecule has 1 aromatic carbocycles. The predicted molar refractivity (Wildman–Crippen MR) is 87.2 cm³/mol. The summed E-state index contributed by atoms with van der Waals surface area (Å²) in [5, 5.41) is 8.93. The molecule has 1 aliphatic carbocycles. The lowest BCUT2D eigenvalue weighted by Gasteiger charge is -2.10. The van der Waals surface area contributed by atoms with Crippen LogP contribution in [0.4, 0.5) is 11.4 Å². The minimum atomic E-state index is -0.171. The second kappa shape index (κ2) is 8.22. The molecule has 5 nitrogen and oxygen atoms in total. The topological polar surface area (TPSA) is 70.2 Å². The Labute approximate surface area is 135 Å². The Kier molecular flexibility index (Phi) is 6.95. The first kappa shape index (κ1) is 17.8. The first-order valence-electron chi connectivity index (χ1n) is 6.62. The van der Waals surface area contributed by atoms with Gasteiger partial charge in [0.25, 0.3) is 0 Å². The van der Waals surface area contributed by atoms with Crippen LogP contribution in [0.25, 0.3) is 0 Å². The number of hydrogen-bond donors (Lipinski definition) is 3. The van der Waals surface area contributed by atoms with Gasteiger partial charge in [0.1, 0.15) is 0 Å². The molecule has 21 heavy (non-hydrogen) atoms. The lowest BCUT2D eigenvalue weighted by molar-refractivity contribution is -0.115. The van der Waals surface area contributed by atoms with Gasteiger partial charge in [0.05, 0.1) is 17.3 Å². The summed E-state index contributed by atoms with van der Waals surface area (Å²) in [6.07, 6.45) is 2.50. The van der Waals surface area contributed by atoms with Crippen molar-refractivity contribution < 1.29 is 9.59 Å². The van der Waals surface area contributed by atoms with Crippen molar-refractivity contribution in [1.82, 2.24) is 5.32 Å². The molecule has 1 fully saturated rings. The quantitative estimate of drug-likeness (QED) is 0.750. The number of hydrogen-bond acceptors (Lipinski definition) is 3. The summed E-state index contributed by atoms with van der Waals surface area (Å²) in [4.78, 5) is 22.8. The molecular formula is C14H19Cl2N3O2. The summed E-state index contributed by atoms with van der Waals surface area (Å²) in [5.41, 5.74) is 1.10. The van der Waals surface area contributed by atoms with Crippen LogP contribution in [-0.4, -0.2) is 24.9 Å². The van der Waals surface area contributed by atoms with E-state index in [1.54, 1.807) is 18.2 Å². The van der Waals surface area contributed by atoms with E-state index in [-0.39, 0.29) is 30.8 Å². The summed E-state index contributed by atoms with van der Waals surface area (Å²) in [7, 11) is 0. The number of carbonyl (C=O) groups is 2. The molecule has 0 atom stereocenters. The third-order valence-corrected chi connectivity index (χ3v) is 3.31. The van der Waals surface area contributed by atoms with Gasteiger partial charge in [-0.1, -0.05) is 11.6 Å². The minimum Gasteiger partial charge on any atom is -0.326 e. The van der Waals surface area contributed by atoms with Crippen LogP contribution in [0.5, 0.6) is 0 Å². The Bertz CT molecular complexity index is 519. The molecule has 1 saturated carbocycles. The number of anilines is 2. The molecular weight excluding hydrogens is 313 g/mol. The number of rotatable bonds is 6. The second-order valence-electron chi connectivity index (χ2n) is 5.00. The molecule has 3 N–H and O–H groups in total. The molecule has 0 heterocycles. The van der Waals surface area contributed by atoms with Crippen LogP contribution in [-0.2, 0) is 9.59 Å². The van der Waals surface area contributed by atoms with E-state index < -0.39 is 0 Å². The maximum absolute atomic E-state index is 11.8. The Morgan fingerprint density at radius 2 is 2.00 bits per heavy atom. The van der Waals surface area contributed by atoms with Crippen LogP contribution in [0.15, 0.2) is 18.2 Å². The zero-order valence-electron chi connectivity index (χ0n) is 11.7. The lowest BCUT2D eigenvalue weighted by Crippen LogP contribution is -2.29. The highest BCUT2D eigenvalue weighted by Crippen LogP contribution is 2.27. The number of halogens is 2. The third kappa shape index (κ3) is 6.33. The van der Waals surface area contributed by atoms with E-state index in [0.29, 0.717) is 16.4 Å². The fourth-order valence-corrected chi connectivity index (χ4v) is 1.97. The normalized spacial score (nSPS) is 13.2. The molecule has 2 amide bonds. The standard InChI is InChI=1S/C14H18ClN3O2.ClH/c1-9(19)17-11-4-5-12(15)13(6-11)18-14(20)8-16-7-10-2-3-10;/h4-6,10,16H,2-3,7-8H2,1H3,(H,17,19)(H,18,20);1H. The van der Waals surface area contributed by atoms with Crippen molar-refractivity contribution in [3.8, 4) is 0 Å². The molecule has 2 rings (SSSR count). The zero-order valence-corrected chi connectivity index (χ0v) is 13.3. The fourth-order valence-electron chi connectivity index (χ4n) is 1.81. The summed E-state index contributed by atoms with van der Waals surface area (Å²) in [6, 6.07) is 4.97. The molecule has 7 heteroatoms. The SMILES string of the molecule is CC(=O)Nc1ccc(Cl)c(NC(=O)CNCC2CC2)c1.Cl. The van der Waals surface area contributed by atoms with Crippen molar-refractivity contribution in [3.63, 3.8) is 0 Å². The van der Waals surface area contributed by atoms with E-state index in [9.17, 15) is 9.59 Å². The van der Waals surface area contributed by atoms with Gasteiger partial charge < -0.3 is 16.0 Å². The molecule has 0 spiro atoms. The van der Waals surface area contributed by atoms with Gasteiger partial charge >= 0.3 is 0 Å². The molecule has 1 aromatic rings. The van der Waals surface area contributed by atoms with E-state index in [4.69, 9.17) is 11.6 Å². The van der Waals surface area contributed by atoms with Crippen LogP contribution in [0.1, 0.15) is 19.8 Å². The average molecular weight is 332 g/mol. The third-order valence-electron chi connectivity index (χ3n) is 2.98. The van der Waals surface area contributed by atoms with E-state index >= 15 is 0 Å². The Balaban J connectivity index is 0.00000220. The molecule has 116 valence electrons. The van der Waals surface area contributed by atoms with Crippen molar-refractivity contribution in [2.45, 2.75) is 19.8 Å². The number of amides is 2. The van der Waals surface area contributed by atoms with Gasteiger partial charge in [-0.3, -0.25) is 9.59 Å². The lowest BCUT2D eigenvalue weighted by atomic mass is 10.2. The van der Waals surface area contributed by atoms with Crippen molar-refractivity contribution in [1.29, 1.82) is 0 Å². The van der Waals surface area contributed by atoms with E-state index in [1.165, 1.54) is 19.8 Å². The van der Waals surface area contributed by atoms with E-state index in [0.717, 1.165) is 12.5 Å². The van der Waals surface area contributed by atoms with Crippen molar-refractivity contribution in [2.75, 3.05) is 23.7 Å². The summed E-state index contributed by atoms with van der Waals surface area (Å²) < 4.78 is 0. The second-order valence-corrected chi connectivity index (χ2v) is 5.41. The van der Waals surface area contributed by atoms with Crippen molar-refractivity contribution >= 4 is 47.2 Å². The molecule has 0 radical (unpaired) electrons. The largest absolute Gasteiger partial charge is 0.326 e. The van der Waals surface area contributed by atoms with Gasteiger partial charge in [0, 0.05) is 12.6 Å². The highest BCUT2D eigenvalue weighted by atomic mass is 35.5. The van der Waals surface area contributed by atoms with Crippen LogP contribution in [0.2, 0.25) is 5.02 Å². The van der Waals surface area contributed by atoms with Crippen LogP contribution >= 0.6 is 24.0 Å². The van der Waals surface area contributed by atoms with Gasteiger partial charge in [-0.25, -0.2) is 0 Å². The van der Waals surface area contributed by atoms with Crippen LogP contribution in [0.3, 0.4) is 0 Å². The van der Waals surface area contributed by atoms with Gasteiger partial charge in [-0.05, 0) is 43.5 Å². The summed E-state index contributed by atoms with van der Waals surface area (Å²) in [6.45, 7) is 2.57. The van der Waals surface area contributed by atoms with Crippen molar-refractivity contribution in [3.05, 3.63) is 23.2 Å². The van der Waals surface area contributed by atoms with Gasteiger partial charge in [0.15, 0.2) is 0 Å². The Morgan fingerprint density at radius 1 is 1.29 bits per heavy atom. The molecule has 0 bridgehead atoms. The molecule has 0 aliphatic heterocycles. The maximum Gasteiger partial charge on any atom is 0.238 e. The molecule has 0 unspecified atom stereocenters. The Morgan fingerprint density at radius 3 is 2.62 bits per heavy atom. The fraction of sp³-hybridized carbons (Fsp3) is 0.429. The Hall–Kier alpha value is -1.30. The average Bonchev–Trinajstić information content (AvgIpc) is 3.17. The van der Waals surface area contributed by atoms with Crippen LogP contribution < -0.4 is 16.0 Å². The first-order valence-corrected chi connectivity index (χ1v) is 7.00. The van der Waals surface area contributed by atoms with Crippen molar-refractivity contribution in [2.24, 2.45) is 5.92 Å². The van der Waals surface area contributed by atoms with Gasteiger partial charge in [-0.15, -0.1) is 12.4 Å². The number of carbonyl (C=O) groups excluding carboxylic acids is 2. The molecule has 0 saturated heterocycles. The number of benzene rings is 1. The van der Waals surface area contributed by atoms with Gasteiger partial charge in [-0.2, -0.15) is 0 Å². The smallest absolute Gasteiger partial charge is 0.238 e.